The molecule has 0 aliphatic rings. The van der Waals surface area contributed by atoms with Gasteiger partial charge in [0.1, 0.15) is 16.2 Å². The first-order chi connectivity index (χ1) is 15.9. The van der Waals surface area contributed by atoms with Crippen LogP contribution >= 0.6 is 0 Å². The van der Waals surface area contributed by atoms with Crippen LogP contribution in [0.15, 0.2) is 87.7 Å². The molecule has 0 saturated heterocycles. The molecule has 8 heteroatoms. The Hall–Kier alpha value is -4.04. The second kappa shape index (κ2) is 7.83. The predicted octanol–water partition coefficient (Wildman–Crippen LogP) is 4.50. The molecule has 5 aromatic rings. The number of rotatable bonds is 4. The molecule has 0 atom stereocenters. The van der Waals surface area contributed by atoms with Crippen molar-refractivity contribution in [2.75, 3.05) is 5.73 Å². The topological polar surface area (TPSA) is 103 Å². The van der Waals surface area contributed by atoms with Gasteiger partial charge in [-0.1, -0.05) is 48.5 Å². The highest BCUT2D eigenvalue weighted by Gasteiger charge is 2.30. The molecule has 2 N–H and O–H groups in total. The Morgan fingerprint density at radius 3 is 2.24 bits per heavy atom. The number of aryl methyl sites for hydroxylation is 2. The smallest absolute Gasteiger partial charge is 0.212 e. The normalized spacial score (nSPS) is 12.2. The number of anilines is 1. The molecule has 0 aliphatic carbocycles. The van der Waals surface area contributed by atoms with Gasteiger partial charge in [-0.3, -0.25) is 0 Å². The van der Waals surface area contributed by atoms with Crippen molar-refractivity contribution in [2.45, 2.75) is 23.6 Å². The van der Waals surface area contributed by atoms with Gasteiger partial charge in [0, 0.05) is 0 Å². The van der Waals surface area contributed by atoms with Crippen LogP contribution in [-0.2, 0) is 9.84 Å². The number of fused-ring (bicyclic) bond motifs is 2. The Labute approximate surface area is 191 Å². The molecular formula is C25H21N5O2S. The van der Waals surface area contributed by atoms with Crippen LogP contribution in [0.5, 0.6) is 0 Å². The second-order valence-electron chi connectivity index (χ2n) is 7.82. The first-order valence-corrected chi connectivity index (χ1v) is 11.8. The summed E-state index contributed by atoms with van der Waals surface area (Å²) in [4.78, 5) is 9.34. The molecule has 0 amide bonds. The highest BCUT2D eigenvalue weighted by atomic mass is 32.2. The molecule has 0 fully saturated rings. The molecule has 33 heavy (non-hydrogen) atoms. The zero-order valence-electron chi connectivity index (χ0n) is 18.1. The zero-order chi connectivity index (χ0) is 23.2. The van der Waals surface area contributed by atoms with E-state index in [0.717, 1.165) is 16.7 Å². The standard InChI is InChI=1S/C25H21N5O2S/c1-16-12-13-19(14-17(16)2)33(31,32)23-22-25(29-21-11-7-6-10-20(21)28-22)30(24(23)26)27-15-18-8-4-3-5-9-18/h3-15H,26H2,1-2H3. The van der Waals surface area contributed by atoms with Crippen molar-refractivity contribution in [2.24, 2.45) is 5.10 Å². The van der Waals surface area contributed by atoms with Crippen LogP contribution in [0.3, 0.4) is 0 Å². The van der Waals surface area contributed by atoms with Crippen molar-refractivity contribution in [1.29, 1.82) is 0 Å². The quantitative estimate of drug-likeness (QED) is 0.402. The van der Waals surface area contributed by atoms with E-state index in [1.807, 2.05) is 62.4 Å². The first kappa shape index (κ1) is 20.8. The second-order valence-corrected chi connectivity index (χ2v) is 9.70. The van der Waals surface area contributed by atoms with Gasteiger partial charge < -0.3 is 5.73 Å². The van der Waals surface area contributed by atoms with Gasteiger partial charge >= 0.3 is 0 Å². The van der Waals surface area contributed by atoms with E-state index in [1.165, 1.54) is 4.68 Å². The van der Waals surface area contributed by atoms with Gasteiger partial charge in [0.15, 0.2) is 5.65 Å². The Morgan fingerprint density at radius 1 is 0.879 bits per heavy atom. The van der Waals surface area contributed by atoms with Crippen molar-refractivity contribution < 1.29 is 8.42 Å². The zero-order valence-corrected chi connectivity index (χ0v) is 18.9. The molecular weight excluding hydrogens is 434 g/mol. The maximum Gasteiger partial charge on any atom is 0.212 e. The minimum absolute atomic E-state index is 0.0364. The van der Waals surface area contributed by atoms with Gasteiger partial charge in [-0.2, -0.15) is 9.78 Å². The largest absolute Gasteiger partial charge is 0.382 e. The SMILES string of the molecule is Cc1ccc(S(=O)(=O)c2c(N)n(N=Cc3ccccc3)c3nc4ccccc4nc23)cc1C. The summed E-state index contributed by atoms with van der Waals surface area (Å²) in [6, 6.07) is 21.8. The van der Waals surface area contributed by atoms with Crippen molar-refractivity contribution >= 4 is 44.1 Å². The minimum atomic E-state index is -3.99. The van der Waals surface area contributed by atoms with E-state index in [-0.39, 0.29) is 26.8 Å². The highest BCUT2D eigenvalue weighted by Crippen LogP contribution is 2.35. The average molecular weight is 456 g/mol. The average Bonchev–Trinajstić information content (AvgIpc) is 3.09. The van der Waals surface area contributed by atoms with Crippen molar-refractivity contribution in [3.05, 3.63) is 89.5 Å². The molecule has 0 bridgehead atoms. The Bertz CT molecular complexity index is 1660. The van der Waals surface area contributed by atoms with Crippen molar-refractivity contribution in [1.82, 2.24) is 14.6 Å². The molecule has 0 saturated carbocycles. The fourth-order valence-electron chi connectivity index (χ4n) is 3.67. The molecule has 0 spiro atoms. The number of hydrogen-bond donors (Lipinski definition) is 1. The van der Waals surface area contributed by atoms with E-state index in [9.17, 15) is 8.42 Å². The van der Waals surface area contributed by atoms with Crippen LogP contribution in [0.1, 0.15) is 16.7 Å². The summed E-state index contributed by atoms with van der Waals surface area (Å²) in [5.74, 6) is -0.0364. The number of aromatic nitrogens is 3. The van der Waals surface area contributed by atoms with Gasteiger partial charge in [-0.05, 0) is 54.8 Å². The fraction of sp³-hybridized carbons (Fsp3) is 0.0800. The van der Waals surface area contributed by atoms with Crippen LogP contribution in [0, 0.1) is 13.8 Å². The molecule has 2 aromatic heterocycles. The van der Waals surface area contributed by atoms with Crippen LogP contribution in [0.2, 0.25) is 0 Å². The summed E-state index contributed by atoms with van der Waals surface area (Å²) < 4.78 is 28.8. The Balaban J connectivity index is 1.81. The summed E-state index contributed by atoms with van der Waals surface area (Å²) in [5.41, 5.74) is 10.8. The summed E-state index contributed by atoms with van der Waals surface area (Å²) in [6.07, 6.45) is 1.61. The predicted molar refractivity (Wildman–Crippen MR) is 130 cm³/mol. The molecule has 0 unspecified atom stereocenters. The van der Waals surface area contributed by atoms with E-state index in [0.29, 0.717) is 11.0 Å². The van der Waals surface area contributed by atoms with Crippen LogP contribution < -0.4 is 5.73 Å². The Morgan fingerprint density at radius 2 is 1.55 bits per heavy atom. The molecule has 164 valence electrons. The lowest BCUT2D eigenvalue weighted by molar-refractivity contribution is 0.597. The summed E-state index contributed by atoms with van der Waals surface area (Å²) >= 11 is 0. The van der Waals surface area contributed by atoms with Gasteiger partial charge in [0.2, 0.25) is 9.84 Å². The molecule has 0 aliphatic heterocycles. The number of nitrogens with two attached hydrogens (primary N) is 1. The van der Waals surface area contributed by atoms with Gasteiger partial charge in [-0.25, -0.2) is 18.4 Å². The molecule has 7 nitrogen and oxygen atoms in total. The molecule has 2 heterocycles. The van der Waals surface area contributed by atoms with Gasteiger partial charge in [0.05, 0.1) is 22.1 Å². The van der Waals surface area contributed by atoms with E-state index in [1.54, 1.807) is 30.5 Å². The Kier molecular flexibility index (Phi) is 4.94. The third kappa shape index (κ3) is 3.54. The monoisotopic (exact) mass is 455 g/mol. The van der Waals surface area contributed by atoms with Crippen LogP contribution in [0.25, 0.3) is 22.2 Å². The van der Waals surface area contributed by atoms with Gasteiger partial charge in [0.25, 0.3) is 0 Å². The fourth-order valence-corrected chi connectivity index (χ4v) is 5.23. The lowest BCUT2D eigenvalue weighted by Gasteiger charge is -2.07. The molecule has 0 radical (unpaired) electrons. The maximum atomic E-state index is 13.7. The van der Waals surface area contributed by atoms with Crippen LogP contribution in [-0.4, -0.2) is 29.3 Å². The number of nitrogen functional groups attached to an aromatic ring is 1. The van der Waals surface area contributed by atoms with E-state index < -0.39 is 9.84 Å². The maximum absolute atomic E-state index is 13.7. The first-order valence-electron chi connectivity index (χ1n) is 10.3. The van der Waals surface area contributed by atoms with E-state index in [2.05, 4.69) is 15.1 Å². The summed E-state index contributed by atoms with van der Waals surface area (Å²) in [6.45, 7) is 3.81. The lowest BCUT2D eigenvalue weighted by Crippen LogP contribution is -2.07. The van der Waals surface area contributed by atoms with Crippen molar-refractivity contribution in [3.8, 4) is 0 Å². The lowest BCUT2D eigenvalue weighted by atomic mass is 10.1. The van der Waals surface area contributed by atoms with Crippen molar-refractivity contribution in [3.63, 3.8) is 0 Å². The number of nitrogens with zero attached hydrogens (tertiary/aromatic N) is 4. The molecule has 5 rings (SSSR count). The summed E-state index contributed by atoms with van der Waals surface area (Å²) in [7, 11) is -3.99. The number of hydrogen-bond acceptors (Lipinski definition) is 6. The third-order valence-corrected chi connectivity index (χ3v) is 7.42. The van der Waals surface area contributed by atoms with Gasteiger partial charge in [-0.15, -0.1) is 0 Å². The molecule has 3 aromatic carbocycles. The van der Waals surface area contributed by atoms with Crippen LogP contribution in [0.4, 0.5) is 5.82 Å². The number of sulfone groups is 1. The summed E-state index contributed by atoms with van der Waals surface area (Å²) in [5, 5.41) is 4.47. The number of para-hydroxylation sites is 2. The third-order valence-electron chi connectivity index (χ3n) is 5.61. The number of benzene rings is 3. The minimum Gasteiger partial charge on any atom is -0.382 e. The van der Waals surface area contributed by atoms with E-state index >= 15 is 0 Å². The highest BCUT2D eigenvalue weighted by molar-refractivity contribution is 7.92. The van der Waals surface area contributed by atoms with E-state index in [4.69, 9.17) is 5.73 Å².